The third-order valence-corrected chi connectivity index (χ3v) is 3.89. The van der Waals surface area contributed by atoms with Crippen LogP contribution in [0.15, 0.2) is 23.1 Å². The molecule has 21 heavy (non-hydrogen) atoms. The first-order valence-corrected chi connectivity index (χ1v) is 8.27. The monoisotopic (exact) mass is 315 g/mol. The van der Waals surface area contributed by atoms with E-state index in [0.717, 1.165) is 5.56 Å². The Kier molecular flexibility index (Phi) is 6.17. The predicted molar refractivity (Wildman–Crippen MR) is 78.9 cm³/mol. The van der Waals surface area contributed by atoms with Crippen LogP contribution >= 0.6 is 0 Å². The molecule has 0 amide bonds. The van der Waals surface area contributed by atoms with E-state index in [1.807, 2.05) is 13.8 Å². The molecule has 6 nitrogen and oxygen atoms in total. The van der Waals surface area contributed by atoms with Crippen molar-refractivity contribution in [3.05, 3.63) is 23.8 Å². The van der Waals surface area contributed by atoms with Gasteiger partial charge in [-0.05, 0) is 42.5 Å². The van der Waals surface area contributed by atoms with Gasteiger partial charge in [0.1, 0.15) is 5.75 Å². The number of carbonyl (C=O) groups is 1. The van der Waals surface area contributed by atoms with Crippen LogP contribution in [0.3, 0.4) is 0 Å². The number of sulfonamides is 1. The molecule has 0 aliphatic rings. The third-order valence-electron chi connectivity index (χ3n) is 2.97. The molecule has 0 spiro atoms. The highest BCUT2D eigenvalue weighted by molar-refractivity contribution is 7.89. The van der Waals surface area contributed by atoms with Gasteiger partial charge in [0.05, 0.1) is 11.5 Å². The molecule has 1 aromatic rings. The number of nitrogens with two attached hydrogens (primary N) is 1. The Morgan fingerprint density at radius 1 is 1.33 bits per heavy atom. The Hall–Kier alpha value is -1.60. The highest BCUT2D eigenvalue weighted by Gasteiger charge is 2.14. The lowest BCUT2D eigenvalue weighted by molar-refractivity contribution is -0.137. The van der Waals surface area contributed by atoms with Crippen molar-refractivity contribution >= 4 is 16.0 Å². The Bertz CT molecular complexity index is 595. The molecule has 0 saturated carbocycles. The van der Waals surface area contributed by atoms with E-state index in [9.17, 15) is 13.2 Å². The molecule has 1 aromatic carbocycles. The summed E-state index contributed by atoms with van der Waals surface area (Å²) in [6.45, 7) is 4.25. The number of primary sulfonamides is 1. The third kappa shape index (κ3) is 5.73. The van der Waals surface area contributed by atoms with E-state index < -0.39 is 16.0 Å². The average molecular weight is 315 g/mol. The maximum atomic E-state index is 11.4. The quantitative estimate of drug-likeness (QED) is 0.714. The molecule has 0 unspecified atom stereocenters. The van der Waals surface area contributed by atoms with E-state index in [1.165, 1.54) is 12.1 Å². The summed E-state index contributed by atoms with van der Waals surface area (Å²) in [5, 5.41) is 13.7. The van der Waals surface area contributed by atoms with Gasteiger partial charge in [0, 0.05) is 6.42 Å². The second kappa shape index (κ2) is 7.42. The van der Waals surface area contributed by atoms with Crippen LogP contribution in [0, 0.1) is 0 Å². The SMILES string of the molecule is CC(C)c1cc(S(N)(=O)=O)ccc1OCCCCC(=O)O. The second-order valence-electron chi connectivity index (χ2n) is 5.10. The summed E-state index contributed by atoms with van der Waals surface area (Å²) in [5.74, 6) is -0.135. The number of aliphatic carboxylic acids is 1. The largest absolute Gasteiger partial charge is 0.493 e. The molecule has 1 rings (SSSR count). The van der Waals surface area contributed by atoms with E-state index in [1.54, 1.807) is 6.07 Å². The van der Waals surface area contributed by atoms with Gasteiger partial charge in [-0.25, -0.2) is 13.6 Å². The molecule has 0 saturated heterocycles. The summed E-state index contributed by atoms with van der Waals surface area (Å²) in [6, 6.07) is 4.52. The Balaban J connectivity index is 2.76. The molecule has 0 fully saturated rings. The summed E-state index contributed by atoms with van der Waals surface area (Å²) >= 11 is 0. The van der Waals surface area contributed by atoms with Gasteiger partial charge in [0.25, 0.3) is 0 Å². The Morgan fingerprint density at radius 2 is 2.00 bits per heavy atom. The fourth-order valence-electron chi connectivity index (χ4n) is 1.85. The van der Waals surface area contributed by atoms with Gasteiger partial charge in [0.15, 0.2) is 0 Å². The molecule has 7 heteroatoms. The first kappa shape index (κ1) is 17.5. The van der Waals surface area contributed by atoms with E-state index in [2.05, 4.69) is 0 Å². The Labute approximate surface area is 125 Å². The normalized spacial score (nSPS) is 11.6. The topological polar surface area (TPSA) is 107 Å². The number of ether oxygens (including phenoxy) is 1. The fraction of sp³-hybridized carbons (Fsp3) is 0.500. The molecule has 118 valence electrons. The molecule has 0 heterocycles. The fourth-order valence-corrected chi connectivity index (χ4v) is 2.40. The van der Waals surface area contributed by atoms with Crippen LogP contribution in [0.4, 0.5) is 0 Å². The lowest BCUT2D eigenvalue weighted by Crippen LogP contribution is -2.13. The Morgan fingerprint density at radius 3 is 2.52 bits per heavy atom. The van der Waals surface area contributed by atoms with Gasteiger partial charge in [0.2, 0.25) is 10.0 Å². The lowest BCUT2D eigenvalue weighted by Gasteiger charge is -2.15. The van der Waals surface area contributed by atoms with Crippen molar-refractivity contribution in [1.29, 1.82) is 0 Å². The molecule has 3 N–H and O–H groups in total. The highest BCUT2D eigenvalue weighted by Crippen LogP contribution is 2.29. The zero-order chi connectivity index (χ0) is 16.0. The molecule has 0 radical (unpaired) electrons. The minimum absolute atomic E-state index is 0.0597. The number of hydrogen-bond acceptors (Lipinski definition) is 4. The summed E-state index contributed by atoms with van der Waals surface area (Å²) in [5.41, 5.74) is 0.764. The maximum absolute atomic E-state index is 11.4. The van der Waals surface area contributed by atoms with Crippen molar-refractivity contribution in [2.45, 2.75) is 43.9 Å². The minimum Gasteiger partial charge on any atom is -0.493 e. The molecular weight excluding hydrogens is 294 g/mol. The standard InChI is InChI=1S/C14H21NO5S/c1-10(2)12-9-11(21(15,18)19)6-7-13(12)20-8-4-3-5-14(16)17/h6-7,9-10H,3-5,8H2,1-2H3,(H,16,17)(H2,15,18,19). The molecule has 0 aliphatic carbocycles. The molecule has 0 atom stereocenters. The van der Waals surface area contributed by atoms with Gasteiger partial charge >= 0.3 is 5.97 Å². The number of hydrogen-bond donors (Lipinski definition) is 2. The lowest BCUT2D eigenvalue weighted by atomic mass is 10.0. The summed E-state index contributed by atoms with van der Waals surface area (Å²) in [7, 11) is -3.74. The summed E-state index contributed by atoms with van der Waals surface area (Å²) in [6.07, 6.45) is 1.28. The average Bonchev–Trinajstić information content (AvgIpc) is 2.36. The number of rotatable bonds is 8. The summed E-state index contributed by atoms with van der Waals surface area (Å²) in [4.78, 5) is 10.5. The highest BCUT2D eigenvalue weighted by atomic mass is 32.2. The van der Waals surface area contributed by atoms with E-state index in [-0.39, 0.29) is 17.2 Å². The number of carboxylic acids is 1. The van der Waals surface area contributed by atoms with Crippen molar-refractivity contribution in [2.75, 3.05) is 6.61 Å². The van der Waals surface area contributed by atoms with Gasteiger partial charge in [-0.1, -0.05) is 13.8 Å². The van der Waals surface area contributed by atoms with Crippen LogP contribution in [0.2, 0.25) is 0 Å². The number of benzene rings is 1. The van der Waals surface area contributed by atoms with Crippen LogP contribution in [-0.4, -0.2) is 26.1 Å². The first-order chi connectivity index (χ1) is 9.71. The van der Waals surface area contributed by atoms with E-state index >= 15 is 0 Å². The molecule has 0 bridgehead atoms. The van der Waals surface area contributed by atoms with E-state index in [0.29, 0.717) is 25.2 Å². The zero-order valence-electron chi connectivity index (χ0n) is 12.2. The van der Waals surface area contributed by atoms with Gasteiger partial charge in [-0.15, -0.1) is 0 Å². The van der Waals surface area contributed by atoms with Crippen LogP contribution in [-0.2, 0) is 14.8 Å². The van der Waals surface area contributed by atoms with Gasteiger partial charge in [-0.2, -0.15) is 0 Å². The van der Waals surface area contributed by atoms with E-state index in [4.69, 9.17) is 15.0 Å². The number of carboxylic acid groups (broad SMARTS) is 1. The van der Waals surface area contributed by atoms with Gasteiger partial charge in [-0.3, -0.25) is 4.79 Å². The summed E-state index contributed by atoms with van der Waals surface area (Å²) < 4.78 is 28.3. The van der Waals surface area contributed by atoms with Crippen LogP contribution in [0.1, 0.15) is 44.6 Å². The van der Waals surface area contributed by atoms with Crippen molar-refractivity contribution in [1.82, 2.24) is 0 Å². The number of unbranched alkanes of at least 4 members (excludes halogenated alkanes) is 1. The van der Waals surface area contributed by atoms with Crippen LogP contribution in [0.25, 0.3) is 0 Å². The maximum Gasteiger partial charge on any atom is 0.303 e. The minimum atomic E-state index is -3.74. The van der Waals surface area contributed by atoms with Crippen molar-refractivity contribution in [2.24, 2.45) is 5.14 Å². The van der Waals surface area contributed by atoms with Crippen molar-refractivity contribution in [3.8, 4) is 5.75 Å². The molecular formula is C14H21NO5S. The van der Waals surface area contributed by atoms with Crippen LogP contribution in [0.5, 0.6) is 5.75 Å². The van der Waals surface area contributed by atoms with Gasteiger partial charge < -0.3 is 9.84 Å². The van der Waals surface area contributed by atoms with Crippen molar-refractivity contribution < 1.29 is 23.1 Å². The molecule has 0 aromatic heterocycles. The smallest absolute Gasteiger partial charge is 0.303 e. The first-order valence-electron chi connectivity index (χ1n) is 6.73. The van der Waals surface area contributed by atoms with Crippen LogP contribution < -0.4 is 9.88 Å². The zero-order valence-corrected chi connectivity index (χ0v) is 13.0. The second-order valence-corrected chi connectivity index (χ2v) is 6.66. The molecule has 0 aliphatic heterocycles. The predicted octanol–water partition coefficient (Wildman–Crippen LogP) is 2.09. The van der Waals surface area contributed by atoms with Crippen molar-refractivity contribution in [3.63, 3.8) is 0 Å².